The van der Waals surface area contributed by atoms with Crippen molar-refractivity contribution in [1.29, 1.82) is 0 Å². The van der Waals surface area contributed by atoms with Gasteiger partial charge < -0.3 is 4.42 Å². The predicted molar refractivity (Wildman–Crippen MR) is 74.4 cm³/mol. The molecule has 0 aliphatic heterocycles. The van der Waals surface area contributed by atoms with Gasteiger partial charge in [-0.25, -0.2) is 9.50 Å². The minimum Gasteiger partial charge on any atom is -0.463 e. The summed E-state index contributed by atoms with van der Waals surface area (Å²) in [7, 11) is 0. The zero-order valence-electron chi connectivity index (χ0n) is 12.3. The maximum absolute atomic E-state index is 13.3. The highest BCUT2D eigenvalue weighted by Crippen LogP contribution is 2.33. The van der Waals surface area contributed by atoms with Gasteiger partial charge in [0.1, 0.15) is 5.69 Å². The first-order valence-corrected chi connectivity index (χ1v) is 6.68. The molecular weight excluding hydrogens is 295 g/mol. The topological polar surface area (TPSA) is 43.3 Å². The molecule has 3 aromatic rings. The fourth-order valence-corrected chi connectivity index (χ4v) is 2.09. The first-order chi connectivity index (χ1) is 10.2. The Hall–Kier alpha value is -2.31. The van der Waals surface area contributed by atoms with Crippen molar-refractivity contribution in [3.05, 3.63) is 41.9 Å². The lowest BCUT2D eigenvalue weighted by Crippen LogP contribution is -2.15. The minimum absolute atomic E-state index is 0.130. The van der Waals surface area contributed by atoms with Crippen LogP contribution in [0.2, 0.25) is 0 Å². The Kier molecular flexibility index (Phi) is 3.05. The summed E-state index contributed by atoms with van der Waals surface area (Å²) in [5, 5.41) is 4.08. The molecule has 0 bridgehead atoms. The lowest BCUT2D eigenvalue weighted by atomic mass is 9.93. The van der Waals surface area contributed by atoms with Crippen molar-refractivity contribution in [2.75, 3.05) is 0 Å². The molecule has 0 amide bonds. The molecule has 0 N–H and O–H groups in total. The van der Waals surface area contributed by atoms with Crippen molar-refractivity contribution in [2.24, 2.45) is 0 Å². The highest BCUT2D eigenvalue weighted by Gasteiger charge is 2.36. The van der Waals surface area contributed by atoms with E-state index in [4.69, 9.17) is 4.42 Å². The van der Waals surface area contributed by atoms with Gasteiger partial charge in [-0.15, -0.1) is 0 Å². The molecule has 0 aliphatic carbocycles. The number of nitrogens with zero attached hydrogens (tertiary/aromatic N) is 3. The van der Waals surface area contributed by atoms with Gasteiger partial charge >= 0.3 is 6.18 Å². The number of furan rings is 1. The van der Waals surface area contributed by atoms with E-state index < -0.39 is 11.9 Å². The molecule has 22 heavy (non-hydrogen) atoms. The third kappa shape index (κ3) is 2.47. The molecule has 0 unspecified atom stereocenters. The molecule has 0 aliphatic rings. The van der Waals surface area contributed by atoms with E-state index in [9.17, 15) is 13.2 Å². The van der Waals surface area contributed by atoms with Crippen molar-refractivity contribution >= 4 is 5.65 Å². The van der Waals surface area contributed by atoms with Gasteiger partial charge in [0, 0.05) is 11.5 Å². The quantitative estimate of drug-likeness (QED) is 0.673. The van der Waals surface area contributed by atoms with Crippen LogP contribution in [-0.4, -0.2) is 14.6 Å². The normalized spacial score (nSPS) is 13.0. The van der Waals surface area contributed by atoms with Crippen LogP contribution in [0.5, 0.6) is 0 Å². The first kappa shape index (κ1) is 14.6. The van der Waals surface area contributed by atoms with Crippen molar-refractivity contribution in [3.8, 4) is 11.5 Å². The molecular formula is C15H14F3N3O. The maximum atomic E-state index is 13.3. The predicted octanol–water partition coefficient (Wildman–Crippen LogP) is 4.31. The second kappa shape index (κ2) is 4.59. The van der Waals surface area contributed by atoms with Crippen LogP contribution < -0.4 is 0 Å². The molecule has 4 nitrogen and oxygen atoms in total. The number of halogens is 3. The summed E-state index contributed by atoms with van der Waals surface area (Å²) in [5.74, 6) is 0.284. The van der Waals surface area contributed by atoms with E-state index in [1.807, 2.05) is 20.8 Å². The monoisotopic (exact) mass is 309 g/mol. The highest BCUT2D eigenvalue weighted by molar-refractivity contribution is 5.58. The second-order valence-corrected chi connectivity index (χ2v) is 6.05. The van der Waals surface area contributed by atoms with Crippen LogP contribution in [0.4, 0.5) is 13.2 Å². The molecule has 0 atom stereocenters. The van der Waals surface area contributed by atoms with Crippen molar-refractivity contribution < 1.29 is 17.6 Å². The molecule has 0 saturated carbocycles. The molecule has 7 heteroatoms. The number of rotatable bonds is 1. The maximum Gasteiger partial charge on any atom is 0.433 e. The first-order valence-electron chi connectivity index (χ1n) is 6.68. The van der Waals surface area contributed by atoms with E-state index in [-0.39, 0.29) is 22.5 Å². The van der Waals surface area contributed by atoms with Gasteiger partial charge in [-0.2, -0.15) is 18.3 Å². The van der Waals surface area contributed by atoms with Crippen LogP contribution in [0.3, 0.4) is 0 Å². The molecule has 0 fully saturated rings. The number of hydrogen-bond donors (Lipinski definition) is 0. The fourth-order valence-electron chi connectivity index (χ4n) is 2.09. The lowest BCUT2D eigenvalue weighted by Gasteiger charge is -2.14. The van der Waals surface area contributed by atoms with Crippen molar-refractivity contribution in [1.82, 2.24) is 14.6 Å². The van der Waals surface area contributed by atoms with Crippen LogP contribution in [0.15, 0.2) is 34.9 Å². The Morgan fingerprint density at radius 3 is 2.41 bits per heavy atom. The summed E-state index contributed by atoms with van der Waals surface area (Å²) in [6, 6.07) is 5.69. The molecule has 0 aromatic carbocycles. The van der Waals surface area contributed by atoms with Crippen molar-refractivity contribution in [3.63, 3.8) is 0 Å². The van der Waals surface area contributed by atoms with Crippen LogP contribution in [0.1, 0.15) is 32.2 Å². The Bertz CT molecular complexity index is 811. The van der Waals surface area contributed by atoms with E-state index in [2.05, 4.69) is 10.1 Å². The number of aromatic nitrogens is 3. The van der Waals surface area contributed by atoms with Gasteiger partial charge in [0.05, 0.1) is 12.0 Å². The third-order valence-corrected chi connectivity index (χ3v) is 3.26. The van der Waals surface area contributed by atoms with Crippen LogP contribution >= 0.6 is 0 Å². The van der Waals surface area contributed by atoms with Gasteiger partial charge in [-0.3, -0.25) is 0 Å². The van der Waals surface area contributed by atoms with Gasteiger partial charge in [0.2, 0.25) is 0 Å². The third-order valence-electron chi connectivity index (χ3n) is 3.26. The Morgan fingerprint density at radius 1 is 1.14 bits per heavy atom. The van der Waals surface area contributed by atoms with Crippen LogP contribution in [-0.2, 0) is 11.6 Å². The summed E-state index contributed by atoms with van der Waals surface area (Å²) in [4.78, 5) is 4.23. The van der Waals surface area contributed by atoms with E-state index in [1.54, 1.807) is 18.2 Å². The standard InChI is InChI=1S/C15H14F3N3O/c1-14(2,3)11-8-13-19-9(10-5-4-6-22-10)7-12(15(16,17)18)21(13)20-11/h4-8H,1-3H3. The lowest BCUT2D eigenvalue weighted by molar-refractivity contribution is -0.142. The number of alkyl halides is 3. The van der Waals surface area contributed by atoms with E-state index in [0.717, 1.165) is 10.6 Å². The smallest absolute Gasteiger partial charge is 0.433 e. The Morgan fingerprint density at radius 2 is 1.86 bits per heavy atom. The molecule has 3 rings (SSSR count). The minimum atomic E-state index is -4.54. The zero-order chi connectivity index (χ0) is 16.1. The molecule has 0 spiro atoms. The SMILES string of the molecule is CC(C)(C)c1cc2nc(-c3ccco3)cc(C(F)(F)F)n2n1. The Labute approximate surface area is 124 Å². The van der Waals surface area contributed by atoms with E-state index in [0.29, 0.717) is 5.69 Å². The molecule has 0 radical (unpaired) electrons. The summed E-state index contributed by atoms with van der Waals surface area (Å²) in [6.07, 6.45) is -3.14. The number of fused-ring (bicyclic) bond motifs is 1. The van der Waals surface area contributed by atoms with Gasteiger partial charge in [0.15, 0.2) is 17.1 Å². The summed E-state index contributed by atoms with van der Waals surface area (Å²) >= 11 is 0. The van der Waals surface area contributed by atoms with E-state index in [1.165, 1.54) is 6.26 Å². The average Bonchev–Trinajstić information content (AvgIpc) is 3.04. The molecule has 3 heterocycles. The largest absolute Gasteiger partial charge is 0.463 e. The number of hydrogen-bond acceptors (Lipinski definition) is 3. The van der Waals surface area contributed by atoms with Gasteiger partial charge in [0.25, 0.3) is 0 Å². The fraction of sp³-hybridized carbons (Fsp3) is 0.333. The van der Waals surface area contributed by atoms with Crippen molar-refractivity contribution in [2.45, 2.75) is 32.4 Å². The van der Waals surface area contributed by atoms with Crippen LogP contribution in [0.25, 0.3) is 17.1 Å². The van der Waals surface area contributed by atoms with E-state index >= 15 is 0 Å². The van der Waals surface area contributed by atoms with Gasteiger partial charge in [-0.1, -0.05) is 20.8 Å². The van der Waals surface area contributed by atoms with Gasteiger partial charge in [-0.05, 0) is 18.2 Å². The molecule has 116 valence electrons. The molecule has 0 saturated heterocycles. The summed E-state index contributed by atoms with van der Waals surface area (Å²) < 4.78 is 46.0. The average molecular weight is 309 g/mol. The summed E-state index contributed by atoms with van der Waals surface area (Å²) in [5.41, 5.74) is -0.431. The van der Waals surface area contributed by atoms with Crippen LogP contribution in [0, 0.1) is 0 Å². The second-order valence-electron chi connectivity index (χ2n) is 6.05. The summed E-state index contributed by atoms with van der Waals surface area (Å²) in [6.45, 7) is 5.65. The Balaban J connectivity index is 2.30. The molecule has 3 aromatic heterocycles. The highest BCUT2D eigenvalue weighted by atomic mass is 19.4. The zero-order valence-corrected chi connectivity index (χ0v) is 12.3.